The van der Waals surface area contributed by atoms with E-state index in [9.17, 15) is 4.79 Å². The highest BCUT2D eigenvalue weighted by Crippen LogP contribution is 2.50. The van der Waals surface area contributed by atoms with Gasteiger partial charge in [0.15, 0.2) is 14.6 Å². The van der Waals surface area contributed by atoms with Crippen LogP contribution in [0.25, 0.3) is 0 Å². The lowest BCUT2D eigenvalue weighted by Crippen LogP contribution is -2.55. The first-order valence-electron chi connectivity index (χ1n) is 10.5. The molecule has 3 rings (SSSR count). The summed E-state index contributed by atoms with van der Waals surface area (Å²) in [4.78, 5) is 12.1. The van der Waals surface area contributed by atoms with Crippen molar-refractivity contribution in [3.05, 3.63) is 0 Å². The van der Waals surface area contributed by atoms with Crippen LogP contribution in [0.5, 0.6) is 0 Å². The largest absolute Gasteiger partial charge is 0.459 e. The van der Waals surface area contributed by atoms with Crippen molar-refractivity contribution < 1.29 is 23.4 Å². The first-order chi connectivity index (χ1) is 12.4. The van der Waals surface area contributed by atoms with E-state index >= 15 is 0 Å². The van der Waals surface area contributed by atoms with E-state index in [4.69, 9.17) is 18.6 Å². The summed E-state index contributed by atoms with van der Waals surface area (Å²) in [6.45, 7) is 13.8. The Bertz CT molecular complexity index is 557. The molecule has 5 nitrogen and oxygen atoms in total. The van der Waals surface area contributed by atoms with Gasteiger partial charge in [-0.1, -0.05) is 27.7 Å². The molecule has 1 aliphatic carbocycles. The second kappa shape index (κ2) is 7.43. The second-order valence-corrected chi connectivity index (χ2v) is 15.4. The Morgan fingerprint density at radius 2 is 1.89 bits per heavy atom. The minimum absolute atomic E-state index is 0.0595. The Balaban J connectivity index is 1.85. The Hall–Kier alpha value is -0.433. The minimum atomic E-state index is -1.85. The number of fused-ring (bicyclic) bond motifs is 3. The lowest BCUT2D eigenvalue weighted by molar-refractivity contribution is -0.254. The van der Waals surface area contributed by atoms with E-state index in [1.165, 1.54) is 0 Å². The summed E-state index contributed by atoms with van der Waals surface area (Å²) in [5.74, 6) is 0.141. The number of methoxy groups -OCH3 is 1. The van der Waals surface area contributed by atoms with Gasteiger partial charge in [-0.2, -0.15) is 0 Å². The first kappa shape index (κ1) is 21.3. The lowest BCUT2D eigenvalue weighted by Gasteiger charge is -2.50. The zero-order chi connectivity index (χ0) is 20.0. The standard InChI is InChI=1S/C21H38O5Si/c1-20(2,3)27(6,7)26-15-9-8-14-12-16(22)24-18(14)19-21(4,13-15)11-10-17(23-5)25-19/h14-15,17-19H,8-13H2,1-7H3/t14-,15?,17+,18-,19+,21+/m0/s1. The molecule has 0 bridgehead atoms. The van der Waals surface area contributed by atoms with Gasteiger partial charge in [0, 0.05) is 24.5 Å². The Kier molecular flexibility index (Phi) is 5.86. The van der Waals surface area contributed by atoms with Crippen molar-refractivity contribution in [2.24, 2.45) is 11.3 Å². The van der Waals surface area contributed by atoms with Crippen molar-refractivity contribution in [3.8, 4) is 0 Å². The topological polar surface area (TPSA) is 54.0 Å². The third-order valence-corrected chi connectivity index (χ3v) is 12.0. The maximum Gasteiger partial charge on any atom is 0.306 e. The van der Waals surface area contributed by atoms with Crippen LogP contribution in [0, 0.1) is 11.3 Å². The third-order valence-electron chi connectivity index (χ3n) is 7.48. The number of rotatable bonds is 3. The zero-order valence-corrected chi connectivity index (χ0v) is 19.2. The van der Waals surface area contributed by atoms with Gasteiger partial charge in [-0.15, -0.1) is 0 Å². The maximum absolute atomic E-state index is 12.1. The van der Waals surface area contributed by atoms with E-state index in [1.54, 1.807) is 7.11 Å². The minimum Gasteiger partial charge on any atom is -0.459 e. The molecule has 0 amide bonds. The van der Waals surface area contributed by atoms with Crippen LogP contribution in [0.3, 0.4) is 0 Å². The molecule has 2 heterocycles. The zero-order valence-electron chi connectivity index (χ0n) is 18.2. The molecule has 2 saturated heterocycles. The smallest absolute Gasteiger partial charge is 0.306 e. The monoisotopic (exact) mass is 398 g/mol. The van der Waals surface area contributed by atoms with Crippen molar-refractivity contribution >= 4 is 14.3 Å². The van der Waals surface area contributed by atoms with E-state index < -0.39 is 8.32 Å². The predicted molar refractivity (Wildman–Crippen MR) is 107 cm³/mol. The van der Waals surface area contributed by atoms with Crippen molar-refractivity contribution in [1.29, 1.82) is 0 Å². The van der Waals surface area contributed by atoms with Crippen LogP contribution in [0.1, 0.15) is 66.2 Å². The molecule has 6 heteroatoms. The summed E-state index contributed by atoms with van der Waals surface area (Å²) in [7, 11) is -0.160. The number of hydrogen-bond donors (Lipinski definition) is 0. The average Bonchev–Trinajstić information content (AvgIpc) is 2.90. The Labute approximate surface area is 165 Å². The number of ether oxygens (including phenoxy) is 3. The molecule has 0 N–H and O–H groups in total. The Morgan fingerprint density at radius 3 is 2.52 bits per heavy atom. The molecular formula is C21H38O5Si. The molecule has 0 aromatic heterocycles. The molecule has 6 atom stereocenters. The van der Waals surface area contributed by atoms with Gasteiger partial charge in [0.2, 0.25) is 0 Å². The van der Waals surface area contributed by atoms with Crippen LogP contribution < -0.4 is 0 Å². The van der Waals surface area contributed by atoms with Gasteiger partial charge in [-0.3, -0.25) is 4.79 Å². The number of carbonyl (C=O) groups is 1. The van der Waals surface area contributed by atoms with Gasteiger partial charge >= 0.3 is 5.97 Å². The van der Waals surface area contributed by atoms with E-state index in [0.717, 1.165) is 32.1 Å². The van der Waals surface area contributed by atoms with E-state index in [0.29, 0.717) is 6.42 Å². The summed E-state index contributed by atoms with van der Waals surface area (Å²) >= 11 is 0. The van der Waals surface area contributed by atoms with E-state index in [2.05, 4.69) is 40.8 Å². The normalized spacial score (nSPS) is 40.6. The highest BCUT2D eigenvalue weighted by molar-refractivity contribution is 6.74. The number of hydrogen-bond acceptors (Lipinski definition) is 5. The van der Waals surface area contributed by atoms with Crippen LogP contribution >= 0.6 is 0 Å². The van der Waals surface area contributed by atoms with Gasteiger partial charge < -0.3 is 18.6 Å². The second-order valence-electron chi connectivity index (χ2n) is 10.6. The van der Waals surface area contributed by atoms with Crippen LogP contribution in [0.2, 0.25) is 18.1 Å². The van der Waals surface area contributed by atoms with Gasteiger partial charge in [0.1, 0.15) is 12.2 Å². The molecule has 156 valence electrons. The van der Waals surface area contributed by atoms with Crippen molar-refractivity contribution in [2.75, 3.05) is 7.11 Å². The number of esters is 1. The first-order valence-corrected chi connectivity index (χ1v) is 13.4. The highest BCUT2D eigenvalue weighted by Gasteiger charge is 2.54. The average molecular weight is 399 g/mol. The third kappa shape index (κ3) is 4.28. The summed E-state index contributed by atoms with van der Waals surface area (Å²) in [5.41, 5.74) is -0.0595. The molecule has 0 aromatic rings. The van der Waals surface area contributed by atoms with Crippen LogP contribution in [0.15, 0.2) is 0 Å². The summed E-state index contributed by atoms with van der Waals surface area (Å²) < 4.78 is 24.5. The van der Waals surface area contributed by atoms with Gasteiger partial charge in [0.05, 0.1) is 6.42 Å². The molecule has 2 aliphatic heterocycles. The predicted octanol–water partition coefficient (Wildman–Crippen LogP) is 4.65. The van der Waals surface area contributed by atoms with Crippen LogP contribution in [-0.4, -0.2) is 46.0 Å². The molecule has 0 radical (unpaired) electrons. The summed E-state index contributed by atoms with van der Waals surface area (Å²) in [6, 6.07) is 0. The highest BCUT2D eigenvalue weighted by atomic mass is 28.4. The SMILES string of the molecule is CO[C@H]1CC[C@]2(C)CC(O[Si](C)(C)C(C)(C)C)CC[C@H]3CC(=O)O[C@@H]3[C@H]2O1. The lowest BCUT2D eigenvalue weighted by atomic mass is 9.67. The molecule has 3 aliphatic rings. The molecule has 3 fully saturated rings. The molecule has 1 unspecified atom stereocenters. The maximum atomic E-state index is 12.1. The molecule has 1 saturated carbocycles. The summed E-state index contributed by atoms with van der Waals surface area (Å²) in [6.07, 6.45) is 5.07. The van der Waals surface area contributed by atoms with Crippen LogP contribution in [0.4, 0.5) is 0 Å². The van der Waals surface area contributed by atoms with Crippen LogP contribution in [-0.2, 0) is 23.4 Å². The van der Waals surface area contributed by atoms with Crippen molar-refractivity contribution in [3.63, 3.8) is 0 Å². The quantitative estimate of drug-likeness (QED) is 0.512. The summed E-state index contributed by atoms with van der Waals surface area (Å²) in [5, 5.41) is 0.189. The molecule has 27 heavy (non-hydrogen) atoms. The van der Waals surface area contributed by atoms with Crippen molar-refractivity contribution in [2.45, 2.75) is 109 Å². The molecular weight excluding hydrogens is 360 g/mol. The van der Waals surface area contributed by atoms with Gasteiger partial charge in [-0.25, -0.2) is 0 Å². The van der Waals surface area contributed by atoms with Crippen molar-refractivity contribution in [1.82, 2.24) is 0 Å². The Morgan fingerprint density at radius 1 is 1.19 bits per heavy atom. The fraction of sp³-hybridized carbons (Fsp3) is 0.952. The number of carbonyl (C=O) groups excluding carboxylic acids is 1. The van der Waals surface area contributed by atoms with E-state index in [1.807, 2.05) is 0 Å². The van der Waals surface area contributed by atoms with Gasteiger partial charge in [-0.05, 0) is 50.2 Å². The van der Waals surface area contributed by atoms with E-state index in [-0.39, 0.29) is 46.9 Å². The molecule has 0 aromatic carbocycles. The fourth-order valence-corrected chi connectivity index (χ4v) is 6.16. The van der Waals surface area contributed by atoms with Gasteiger partial charge in [0.25, 0.3) is 0 Å². The fourth-order valence-electron chi connectivity index (χ4n) is 4.77. The molecule has 0 spiro atoms.